The Balaban J connectivity index is 2.26. The first-order valence-electron chi connectivity index (χ1n) is 4.51. The summed E-state index contributed by atoms with van der Waals surface area (Å²) in [6.07, 6.45) is 0. The largest absolute Gasteiger partial charge is 0.292 e. The molecular formula is C11H8ClNO2S. The summed E-state index contributed by atoms with van der Waals surface area (Å²) in [6, 6.07) is 9.88. The van der Waals surface area contributed by atoms with Gasteiger partial charge in [0, 0.05) is 5.02 Å². The van der Waals surface area contributed by atoms with Crippen LogP contribution in [0.5, 0.6) is 0 Å². The molecular weight excluding hydrogens is 246 g/mol. The average Bonchev–Trinajstić information content (AvgIpc) is 2.80. The number of anilines is 1. The lowest BCUT2D eigenvalue weighted by atomic mass is 10.3. The lowest BCUT2D eigenvalue weighted by Gasteiger charge is -2.13. The fourth-order valence-corrected chi connectivity index (χ4v) is 2.06. The van der Waals surface area contributed by atoms with Crippen molar-refractivity contribution in [3.8, 4) is 0 Å². The monoisotopic (exact) mass is 253 g/mol. The number of hydrogen-bond donors (Lipinski definition) is 1. The highest BCUT2D eigenvalue weighted by atomic mass is 35.5. The summed E-state index contributed by atoms with van der Waals surface area (Å²) in [5, 5.41) is 12.6. The molecule has 2 rings (SSSR count). The molecule has 0 aliphatic carbocycles. The predicted molar refractivity (Wildman–Crippen MR) is 64.4 cm³/mol. The van der Waals surface area contributed by atoms with Crippen LogP contribution in [-0.2, 0) is 0 Å². The summed E-state index contributed by atoms with van der Waals surface area (Å²) in [5.74, 6) is -0.461. The Morgan fingerprint density at radius 3 is 2.75 bits per heavy atom. The number of rotatable bonds is 2. The van der Waals surface area contributed by atoms with Gasteiger partial charge in [-0.05, 0) is 29.6 Å². The summed E-state index contributed by atoms with van der Waals surface area (Å²) < 4.78 is 0. The van der Waals surface area contributed by atoms with E-state index in [0.29, 0.717) is 20.7 Å². The van der Waals surface area contributed by atoms with Crippen LogP contribution in [0, 0.1) is 0 Å². The minimum Gasteiger partial charge on any atom is -0.281 e. The van der Waals surface area contributed by atoms with Gasteiger partial charge in [-0.25, -0.2) is 0 Å². The van der Waals surface area contributed by atoms with Gasteiger partial charge in [0.05, 0.1) is 10.6 Å². The minimum atomic E-state index is -0.461. The standard InChI is InChI=1S/C11H8ClNO2S/c12-8-3-1-4-9(7-8)13(15)11(14)10-5-2-6-16-10/h1-7,15H. The van der Waals surface area contributed by atoms with E-state index in [-0.39, 0.29) is 0 Å². The molecule has 0 fully saturated rings. The second-order valence-electron chi connectivity index (χ2n) is 3.07. The van der Waals surface area contributed by atoms with Crippen LogP contribution in [0.2, 0.25) is 5.02 Å². The van der Waals surface area contributed by atoms with Crippen LogP contribution in [0.1, 0.15) is 9.67 Å². The first kappa shape index (κ1) is 11.1. The summed E-state index contributed by atoms with van der Waals surface area (Å²) >= 11 is 7.05. The quantitative estimate of drug-likeness (QED) is 0.658. The highest BCUT2D eigenvalue weighted by molar-refractivity contribution is 7.12. The summed E-state index contributed by atoms with van der Waals surface area (Å²) in [6.45, 7) is 0. The number of amides is 1. The van der Waals surface area contributed by atoms with Crippen LogP contribution in [-0.4, -0.2) is 11.1 Å². The van der Waals surface area contributed by atoms with Gasteiger partial charge in [-0.15, -0.1) is 11.3 Å². The van der Waals surface area contributed by atoms with E-state index < -0.39 is 5.91 Å². The SMILES string of the molecule is O=C(c1cccs1)N(O)c1cccc(Cl)c1. The molecule has 16 heavy (non-hydrogen) atoms. The lowest BCUT2D eigenvalue weighted by Crippen LogP contribution is -2.26. The number of hydrogen-bond acceptors (Lipinski definition) is 3. The molecule has 1 amide bonds. The van der Waals surface area contributed by atoms with Gasteiger partial charge in [0.25, 0.3) is 5.91 Å². The Kier molecular flexibility index (Phi) is 3.24. The van der Waals surface area contributed by atoms with Crippen LogP contribution in [0.25, 0.3) is 0 Å². The van der Waals surface area contributed by atoms with Crippen molar-refractivity contribution >= 4 is 34.5 Å². The first-order chi connectivity index (χ1) is 7.68. The van der Waals surface area contributed by atoms with Crippen molar-refractivity contribution in [1.82, 2.24) is 0 Å². The predicted octanol–water partition coefficient (Wildman–Crippen LogP) is 3.44. The molecule has 0 aliphatic rings. The van der Waals surface area contributed by atoms with Crippen LogP contribution in [0.15, 0.2) is 41.8 Å². The number of carbonyl (C=O) groups excluding carboxylic acids is 1. The third kappa shape index (κ3) is 2.24. The third-order valence-corrected chi connectivity index (χ3v) is 3.07. The van der Waals surface area contributed by atoms with Gasteiger partial charge < -0.3 is 0 Å². The molecule has 0 radical (unpaired) electrons. The Hall–Kier alpha value is -1.36. The third-order valence-electron chi connectivity index (χ3n) is 1.98. The average molecular weight is 254 g/mol. The van der Waals surface area contributed by atoms with Crippen LogP contribution < -0.4 is 5.06 Å². The highest BCUT2D eigenvalue weighted by Crippen LogP contribution is 2.21. The van der Waals surface area contributed by atoms with Crippen LogP contribution in [0.3, 0.4) is 0 Å². The summed E-state index contributed by atoms with van der Waals surface area (Å²) in [5.41, 5.74) is 0.353. The van der Waals surface area contributed by atoms with E-state index in [1.165, 1.54) is 17.4 Å². The minimum absolute atomic E-state index is 0.353. The zero-order chi connectivity index (χ0) is 11.5. The fourth-order valence-electron chi connectivity index (χ4n) is 1.23. The molecule has 0 bridgehead atoms. The molecule has 0 spiro atoms. The van der Waals surface area contributed by atoms with Crippen molar-refractivity contribution < 1.29 is 10.0 Å². The Bertz CT molecular complexity index is 498. The molecule has 5 heteroatoms. The summed E-state index contributed by atoms with van der Waals surface area (Å²) in [4.78, 5) is 12.2. The van der Waals surface area contributed by atoms with Gasteiger partial charge in [-0.1, -0.05) is 23.7 Å². The second-order valence-corrected chi connectivity index (χ2v) is 4.46. The van der Waals surface area contributed by atoms with Crippen molar-refractivity contribution in [1.29, 1.82) is 0 Å². The first-order valence-corrected chi connectivity index (χ1v) is 5.76. The van der Waals surface area contributed by atoms with Crippen LogP contribution >= 0.6 is 22.9 Å². The molecule has 82 valence electrons. The molecule has 1 N–H and O–H groups in total. The van der Waals surface area contributed by atoms with Crippen molar-refractivity contribution in [2.24, 2.45) is 0 Å². The van der Waals surface area contributed by atoms with Gasteiger partial charge in [0.1, 0.15) is 0 Å². The van der Waals surface area contributed by atoms with Gasteiger partial charge in [0.15, 0.2) is 0 Å². The molecule has 1 heterocycles. The zero-order valence-corrected chi connectivity index (χ0v) is 9.70. The maximum Gasteiger partial charge on any atom is 0.292 e. The van der Waals surface area contributed by atoms with Gasteiger partial charge in [-0.2, -0.15) is 5.06 Å². The van der Waals surface area contributed by atoms with Gasteiger partial charge in [-0.3, -0.25) is 10.0 Å². The Morgan fingerprint density at radius 1 is 1.31 bits per heavy atom. The second kappa shape index (κ2) is 4.65. The Labute approximate surface area is 101 Å². The smallest absolute Gasteiger partial charge is 0.281 e. The number of benzene rings is 1. The fraction of sp³-hybridized carbons (Fsp3) is 0. The molecule has 1 aromatic carbocycles. The number of hydroxylamine groups is 1. The molecule has 0 unspecified atom stereocenters. The van der Waals surface area contributed by atoms with Crippen molar-refractivity contribution in [3.63, 3.8) is 0 Å². The van der Waals surface area contributed by atoms with E-state index >= 15 is 0 Å². The van der Waals surface area contributed by atoms with E-state index in [4.69, 9.17) is 11.6 Å². The van der Waals surface area contributed by atoms with Gasteiger partial charge >= 0.3 is 0 Å². The van der Waals surface area contributed by atoms with E-state index in [2.05, 4.69) is 0 Å². The number of halogens is 1. The van der Waals surface area contributed by atoms with Crippen LogP contribution in [0.4, 0.5) is 5.69 Å². The molecule has 0 saturated carbocycles. The maximum absolute atomic E-state index is 11.8. The van der Waals surface area contributed by atoms with Gasteiger partial charge in [0.2, 0.25) is 0 Å². The molecule has 1 aromatic heterocycles. The van der Waals surface area contributed by atoms with Crippen molar-refractivity contribution in [2.75, 3.05) is 5.06 Å². The van der Waals surface area contributed by atoms with E-state index in [0.717, 1.165) is 0 Å². The maximum atomic E-state index is 11.8. The summed E-state index contributed by atoms with van der Waals surface area (Å²) in [7, 11) is 0. The zero-order valence-electron chi connectivity index (χ0n) is 8.13. The van der Waals surface area contributed by atoms with E-state index in [1.807, 2.05) is 0 Å². The molecule has 0 atom stereocenters. The number of nitrogens with zero attached hydrogens (tertiary/aromatic N) is 1. The topological polar surface area (TPSA) is 40.5 Å². The van der Waals surface area contributed by atoms with E-state index in [9.17, 15) is 10.0 Å². The lowest BCUT2D eigenvalue weighted by molar-refractivity contribution is 0.0859. The number of thiophene rings is 1. The van der Waals surface area contributed by atoms with E-state index in [1.54, 1.807) is 35.7 Å². The van der Waals surface area contributed by atoms with Crippen molar-refractivity contribution in [3.05, 3.63) is 51.7 Å². The molecule has 0 aliphatic heterocycles. The molecule has 2 aromatic rings. The molecule has 3 nitrogen and oxygen atoms in total. The Morgan fingerprint density at radius 2 is 2.12 bits per heavy atom. The molecule has 0 saturated heterocycles. The number of carbonyl (C=O) groups is 1. The normalized spacial score (nSPS) is 10.1. The van der Waals surface area contributed by atoms with Crippen molar-refractivity contribution in [2.45, 2.75) is 0 Å². The highest BCUT2D eigenvalue weighted by Gasteiger charge is 2.16.